The Morgan fingerprint density at radius 3 is 2.30 bits per heavy atom. The van der Waals surface area contributed by atoms with Crippen LogP contribution in [0, 0.1) is 0 Å². The minimum Gasteiger partial charge on any atom is -0.497 e. The van der Waals surface area contributed by atoms with Gasteiger partial charge in [-0.2, -0.15) is 4.31 Å². The summed E-state index contributed by atoms with van der Waals surface area (Å²) >= 11 is 1.61. The topological polar surface area (TPSA) is 72.0 Å². The highest BCUT2D eigenvalue weighted by atomic mass is 32.2. The van der Waals surface area contributed by atoms with Gasteiger partial charge in [0, 0.05) is 44.0 Å². The van der Waals surface area contributed by atoms with E-state index >= 15 is 0 Å². The average Bonchev–Trinajstić information content (AvgIpc) is 3.32. The Bertz CT molecular complexity index is 1180. The molecular formula is C24H29N3O4S2. The molecule has 1 saturated heterocycles. The van der Waals surface area contributed by atoms with Crippen LogP contribution in [-0.4, -0.2) is 58.1 Å². The van der Waals surface area contributed by atoms with Crippen LogP contribution in [0.15, 0.2) is 52.7 Å². The van der Waals surface area contributed by atoms with E-state index in [4.69, 9.17) is 14.5 Å². The van der Waals surface area contributed by atoms with E-state index in [2.05, 4.69) is 41.5 Å². The van der Waals surface area contributed by atoms with Crippen LogP contribution in [0.5, 0.6) is 11.5 Å². The maximum Gasteiger partial charge on any atom is 0.247 e. The van der Waals surface area contributed by atoms with E-state index < -0.39 is 10.0 Å². The molecule has 33 heavy (non-hydrogen) atoms. The number of rotatable bonds is 8. The van der Waals surface area contributed by atoms with Crippen molar-refractivity contribution in [2.24, 2.45) is 0 Å². The van der Waals surface area contributed by atoms with E-state index in [1.807, 2.05) is 0 Å². The number of hydrogen-bond acceptors (Lipinski definition) is 7. The summed E-state index contributed by atoms with van der Waals surface area (Å²) in [6.45, 7) is 4.10. The normalized spacial score (nSPS) is 14.9. The van der Waals surface area contributed by atoms with Crippen LogP contribution in [0.3, 0.4) is 0 Å². The Morgan fingerprint density at radius 1 is 0.970 bits per heavy atom. The van der Waals surface area contributed by atoms with Crippen LogP contribution in [0.1, 0.15) is 23.7 Å². The van der Waals surface area contributed by atoms with Gasteiger partial charge in [-0.3, -0.25) is 0 Å². The first-order chi connectivity index (χ1) is 15.9. The minimum absolute atomic E-state index is 0.128. The number of thiazole rings is 1. The number of nitrogens with zero attached hydrogens (tertiary/aromatic N) is 3. The molecule has 1 aromatic heterocycles. The average molecular weight is 488 g/mol. The van der Waals surface area contributed by atoms with Gasteiger partial charge in [-0.25, -0.2) is 13.4 Å². The van der Waals surface area contributed by atoms with Crippen molar-refractivity contribution in [1.82, 2.24) is 9.29 Å². The lowest BCUT2D eigenvalue weighted by molar-refractivity contribution is 0.370. The van der Waals surface area contributed by atoms with Crippen molar-refractivity contribution in [3.05, 3.63) is 64.7 Å². The molecule has 4 rings (SSSR count). The molecule has 1 fully saturated rings. The van der Waals surface area contributed by atoms with E-state index in [0.717, 1.165) is 23.7 Å². The zero-order valence-electron chi connectivity index (χ0n) is 19.2. The molecular weight excluding hydrogens is 458 g/mol. The Labute approximate surface area is 199 Å². The van der Waals surface area contributed by atoms with Crippen LogP contribution in [0.2, 0.25) is 0 Å². The fourth-order valence-electron chi connectivity index (χ4n) is 3.87. The molecule has 7 nitrogen and oxygen atoms in total. The molecule has 0 radical (unpaired) electrons. The van der Waals surface area contributed by atoms with Crippen molar-refractivity contribution in [3.63, 3.8) is 0 Å². The van der Waals surface area contributed by atoms with Gasteiger partial charge in [-0.15, -0.1) is 11.3 Å². The second-order valence-electron chi connectivity index (χ2n) is 7.88. The number of aromatic nitrogens is 1. The number of benzene rings is 2. The van der Waals surface area contributed by atoms with E-state index in [9.17, 15) is 8.42 Å². The Balaban J connectivity index is 1.42. The molecule has 0 bridgehead atoms. The summed E-state index contributed by atoms with van der Waals surface area (Å²) in [6.07, 6.45) is 1.83. The fourth-order valence-corrected chi connectivity index (χ4v) is 6.34. The number of anilines is 1. The molecule has 3 aromatic rings. The highest BCUT2D eigenvalue weighted by Gasteiger charge is 2.32. The van der Waals surface area contributed by atoms with Crippen LogP contribution < -0.4 is 14.4 Å². The summed E-state index contributed by atoms with van der Waals surface area (Å²) in [5.41, 5.74) is 3.61. The van der Waals surface area contributed by atoms with E-state index in [0.29, 0.717) is 37.7 Å². The largest absolute Gasteiger partial charge is 0.497 e. The number of aryl methyl sites for hydroxylation is 1. The van der Waals surface area contributed by atoms with Gasteiger partial charge in [-0.1, -0.05) is 31.2 Å². The van der Waals surface area contributed by atoms with E-state index in [1.54, 1.807) is 23.5 Å². The lowest BCUT2D eigenvalue weighted by Crippen LogP contribution is -2.48. The van der Waals surface area contributed by atoms with Gasteiger partial charge >= 0.3 is 0 Å². The molecule has 1 aliphatic rings. The van der Waals surface area contributed by atoms with Crippen LogP contribution in [0.4, 0.5) is 5.13 Å². The van der Waals surface area contributed by atoms with Crippen molar-refractivity contribution in [2.75, 3.05) is 45.3 Å². The first-order valence-electron chi connectivity index (χ1n) is 10.9. The van der Waals surface area contributed by atoms with Crippen LogP contribution in [-0.2, 0) is 22.9 Å². The first-order valence-corrected chi connectivity index (χ1v) is 13.3. The van der Waals surface area contributed by atoms with Crippen molar-refractivity contribution >= 4 is 26.5 Å². The summed E-state index contributed by atoms with van der Waals surface area (Å²) in [4.78, 5) is 7.09. The number of methoxy groups -OCH3 is 2. The summed E-state index contributed by atoms with van der Waals surface area (Å²) in [6, 6.07) is 13.5. The van der Waals surface area contributed by atoms with Gasteiger partial charge in [0.1, 0.15) is 16.4 Å². The second kappa shape index (κ2) is 10.1. The SMILES string of the molecule is CCc1ccc(Cc2csc(N3CCN(S(=O)(=O)c4cc(OC)ccc4OC)CC3)n2)cc1. The van der Waals surface area contributed by atoms with Gasteiger partial charge in [-0.05, 0) is 29.7 Å². The van der Waals surface area contributed by atoms with Crippen molar-refractivity contribution in [1.29, 1.82) is 0 Å². The summed E-state index contributed by atoms with van der Waals surface area (Å²) in [7, 11) is -0.717. The number of sulfonamides is 1. The van der Waals surface area contributed by atoms with Crippen molar-refractivity contribution in [2.45, 2.75) is 24.7 Å². The Hall–Kier alpha value is -2.62. The standard InChI is InChI=1S/C24H29N3O4S2/c1-4-18-5-7-19(8-6-18)15-20-17-32-24(25-20)26-11-13-27(14-12-26)33(28,29)23-16-21(30-2)9-10-22(23)31-3/h5-10,16-17H,4,11-15H2,1-3H3. The molecule has 2 aromatic carbocycles. The lowest BCUT2D eigenvalue weighted by atomic mass is 10.1. The number of ether oxygens (including phenoxy) is 2. The maximum absolute atomic E-state index is 13.3. The predicted octanol–water partition coefficient (Wildman–Crippen LogP) is 3.82. The van der Waals surface area contributed by atoms with Crippen molar-refractivity contribution < 1.29 is 17.9 Å². The molecule has 1 aliphatic heterocycles. The third-order valence-electron chi connectivity index (χ3n) is 5.85. The third kappa shape index (κ3) is 5.15. The van der Waals surface area contributed by atoms with Gasteiger partial charge in [0.05, 0.1) is 19.9 Å². The molecule has 2 heterocycles. The zero-order chi connectivity index (χ0) is 23.4. The molecule has 0 aliphatic carbocycles. The summed E-state index contributed by atoms with van der Waals surface area (Å²) in [5.74, 6) is 0.794. The predicted molar refractivity (Wildman–Crippen MR) is 131 cm³/mol. The molecule has 0 saturated carbocycles. The van der Waals surface area contributed by atoms with Crippen LogP contribution in [0.25, 0.3) is 0 Å². The monoisotopic (exact) mass is 487 g/mol. The first kappa shape index (κ1) is 23.5. The second-order valence-corrected chi connectivity index (χ2v) is 10.6. The molecule has 176 valence electrons. The smallest absolute Gasteiger partial charge is 0.247 e. The number of piperazine rings is 1. The van der Waals surface area contributed by atoms with Gasteiger partial charge in [0.2, 0.25) is 10.0 Å². The third-order valence-corrected chi connectivity index (χ3v) is 8.72. The minimum atomic E-state index is -3.70. The van der Waals surface area contributed by atoms with Gasteiger partial charge in [0.25, 0.3) is 0 Å². The maximum atomic E-state index is 13.3. The summed E-state index contributed by atoms with van der Waals surface area (Å²) < 4.78 is 38.6. The van der Waals surface area contributed by atoms with Crippen molar-refractivity contribution in [3.8, 4) is 11.5 Å². The quantitative estimate of drug-likeness (QED) is 0.481. The molecule has 0 atom stereocenters. The molecule has 0 N–H and O–H groups in total. The van der Waals surface area contributed by atoms with Crippen LogP contribution >= 0.6 is 11.3 Å². The highest BCUT2D eigenvalue weighted by Crippen LogP contribution is 2.32. The van der Waals surface area contributed by atoms with E-state index in [-0.39, 0.29) is 4.90 Å². The summed E-state index contributed by atoms with van der Waals surface area (Å²) in [5, 5.41) is 3.03. The molecule has 0 spiro atoms. The Morgan fingerprint density at radius 2 is 1.67 bits per heavy atom. The van der Waals surface area contributed by atoms with Gasteiger partial charge in [0.15, 0.2) is 5.13 Å². The molecule has 0 unspecified atom stereocenters. The number of hydrogen-bond donors (Lipinski definition) is 0. The fraction of sp³-hybridized carbons (Fsp3) is 0.375. The van der Waals surface area contributed by atoms with Gasteiger partial charge < -0.3 is 14.4 Å². The Kier molecular flexibility index (Phi) is 7.21. The van der Waals surface area contributed by atoms with E-state index in [1.165, 1.54) is 35.7 Å². The highest BCUT2D eigenvalue weighted by molar-refractivity contribution is 7.89. The molecule has 0 amide bonds. The molecule has 9 heteroatoms. The zero-order valence-corrected chi connectivity index (χ0v) is 20.8. The lowest BCUT2D eigenvalue weighted by Gasteiger charge is -2.34.